The molecule has 0 saturated carbocycles. The van der Waals surface area contributed by atoms with Gasteiger partial charge in [-0.05, 0) is 24.3 Å². The van der Waals surface area contributed by atoms with E-state index in [9.17, 15) is 18.4 Å². The molecule has 0 saturated heterocycles. The molecular weight excluding hydrogens is 330 g/mol. The summed E-state index contributed by atoms with van der Waals surface area (Å²) >= 11 is 0. The minimum absolute atomic E-state index is 0.272. The summed E-state index contributed by atoms with van der Waals surface area (Å²) in [7, 11) is 1.08. The molecule has 0 unspecified atom stereocenters. The van der Waals surface area contributed by atoms with E-state index >= 15 is 0 Å². The summed E-state index contributed by atoms with van der Waals surface area (Å²) < 4.78 is 32.1. The van der Waals surface area contributed by atoms with Gasteiger partial charge in [0.25, 0.3) is 5.91 Å². The number of benzene rings is 2. The van der Waals surface area contributed by atoms with E-state index in [1.165, 1.54) is 0 Å². The van der Waals surface area contributed by atoms with Gasteiger partial charge in [0.15, 0.2) is 0 Å². The standard InChI is InChI=1S/C18H12F2N2O3/c1-25-18(24)12-8-16(14(20)9-13(12)19)22-17(23)11-4-2-6-15-10(11)5-3-7-21-15/h2-9H,1H3,(H,22,23). The van der Waals surface area contributed by atoms with E-state index in [4.69, 9.17) is 0 Å². The largest absolute Gasteiger partial charge is 0.465 e. The van der Waals surface area contributed by atoms with Crippen molar-refractivity contribution >= 4 is 28.5 Å². The Morgan fingerprint density at radius 2 is 1.84 bits per heavy atom. The van der Waals surface area contributed by atoms with Crippen LogP contribution in [0.4, 0.5) is 14.5 Å². The predicted octanol–water partition coefficient (Wildman–Crippen LogP) is 3.55. The molecule has 126 valence electrons. The molecule has 2 aromatic carbocycles. The Kier molecular flexibility index (Phi) is 4.38. The van der Waals surface area contributed by atoms with Crippen LogP contribution >= 0.6 is 0 Å². The number of ether oxygens (including phenoxy) is 1. The Labute approximate surface area is 141 Å². The number of carbonyl (C=O) groups excluding carboxylic acids is 2. The lowest BCUT2D eigenvalue weighted by atomic mass is 10.1. The predicted molar refractivity (Wildman–Crippen MR) is 87.4 cm³/mol. The average molecular weight is 342 g/mol. The van der Waals surface area contributed by atoms with Crippen molar-refractivity contribution in [1.29, 1.82) is 0 Å². The normalized spacial score (nSPS) is 10.5. The second kappa shape index (κ2) is 6.64. The van der Waals surface area contributed by atoms with Gasteiger partial charge in [0.1, 0.15) is 11.6 Å². The maximum absolute atomic E-state index is 14.0. The first kappa shape index (κ1) is 16.5. The van der Waals surface area contributed by atoms with Crippen molar-refractivity contribution in [3.63, 3.8) is 0 Å². The Morgan fingerprint density at radius 3 is 2.60 bits per heavy atom. The van der Waals surface area contributed by atoms with E-state index in [1.54, 1.807) is 36.5 Å². The zero-order chi connectivity index (χ0) is 18.0. The number of carbonyl (C=O) groups is 2. The molecular formula is C18H12F2N2O3. The third-order valence-electron chi connectivity index (χ3n) is 3.60. The van der Waals surface area contributed by atoms with Crippen molar-refractivity contribution in [2.75, 3.05) is 12.4 Å². The number of pyridine rings is 1. The number of anilines is 1. The van der Waals surface area contributed by atoms with Crippen molar-refractivity contribution in [3.8, 4) is 0 Å². The van der Waals surface area contributed by atoms with Crippen molar-refractivity contribution in [2.24, 2.45) is 0 Å². The molecule has 1 heterocycles. The number of hydrogen-bond acceptors (Lipinski definition) is 4. The monoisotopic (exact) mass is 342 g/mol. The lowest BCUT2D eigenvalue weighted by Crippen LogP contribution is -2.15. The molecule has 1 N–H and O–H groups in total. The maximum Gasteiger partial charge on any atom is 0.340 e. The highest BCUT2D eigenvalue weighted by molar-refractivity contribution is 6.12. The fourth-order valence-corrected chi connectivity index (χ4v) is 2.40. The summed E-state index contributed by atoms with van der Waals surface area (Å²) in [5.74, 6) is -3.66. The third-order valence-corrected chi connectivity index (χ3v) is 3.60. The Morgan fingerprint density at radius 1 is 1.04 bits per heavy atom. The summed E-state index contributed by atoms with van der Waals surface area (Å²) in [6.45, 7) is 0. The Bertz CT molecular complexity index is 984. The minimum atomic E-state index is -1.07. The molecule has 25 heavy (non-hydrogen) atoms. The van der Waals surface area contributed by atoms with Gasteiger partial charge in [0.2, 0.25) is 0 Å². The second-order valence-electron chi connectivity index (χ2n) is 5.13. The molecule has 0 aliphatic rings. The number of hydrogen-bond donors (Lipinski definition) is 1. The number of fused-ring (bicyclic) bond motifs is 1. The highest BCUT2D eigenvalue weighted by atomic mass is 19.1. The van der Waals surface area contributed by atoms with Crippen LogP contribution in [0.5, 0.6) is 0 Å². The van der Waals surface area contributed by atoms with Crippen LogP contribution in [0.1, 0.15) is 20.7 Å². The Hall–Kier alpha value is -3.35. The van der Waals surface area contributed by atoms with Crippen LogP contribution in [0.15, 0.2) is 48.7 Å². The van der Waals surface area contributed by atoms with Crippen LogP contribution in [0.25, 0.3) is 10.9 Å². The molecule has 0 aliphatic heterocycles. The second-order valence-corrected chi connectivity index (χ2v) is 5.13. The molecule has 0 radical (unpaired) electrons. The van der Waals surface area contributed by atoms with Gasteiger partial charge in [-0.2, -0.15) is 0 Å². The highest BCUT2D eigenvalue weighted by Crippen LogP contribution is 2.23. The molecule has 1 amide bonds. The molecule has 0 bridgehead atoms. The molecule has 0 spiro atoms. The van der Waals surface area contributed by atoms with Crippen LogP contribution < -0.4 is 5.32 Å². The number of nitrogens with one attached hydrogen (secondary N) is 1. The van der Waals surface area contributed by atoms with Gasteiger partial charge in [-0.3, -0.25) is 9.78 Å². The number of esters is 1. The van der Waals surface area contributed by atoms with Gasteiger partial charge >= 0.3 is 5.97 Å². The average Bonchev–Trinajstić information content (AvgIpc) is 2.62. The van der Waals surface area contributed by atoms with Crippen LogP contribution in [-0.4, -0.2) is 24.0 Å². The van der Waals surface area contributed by atoms with Gasteiger partial charge in [0, 0.05) is 23.2 Å². The highest BCUT2D eigenvalue weighted by Gasteiger charge is 2.19. The smallest absolute Gasteiger partial charge is 0.340 e. The summed E-state index contributed by atoms with van der Waals surface area (Å²) in [5, 5.41) is 2.93. The van der Waals surface area contributed by atoms with E-state index in [0.29, 0.717) is 17.0 Å². The maximum atomic E-state index is 14.0. The summed E-state index contributed by atoms with van der Waals surface area (Å²) in [5.41, 5.74) is 0.0744. The van der Waals surface area contributed by atoms with Crippen molar-refractivity contribution < 1.29 is 23.1 Å². The van der Waals surface area contributed by atoms with E-state index in [2.05, 4.69) is 15.0 Å². The first-order valence-electron chi connectivity index (χ1n) is 7.23. The summed E-state index contributed by atoms with van der Waals surface area (Å²) in [6, 6.07) is 9.74. The van der Waals surface area contributed by atoms with E-state index in [-0.39, 0.29) is 11.3 Å². The van der Waals surface area contributed by atoms with E-state index < -0.39 is 29.1 Å². The SMILES string of the molecule is COC(=O)c1cc(NC(=O)c2cccc3ncccc23)c(F)cc1F. The van der Waals surface area contributed by atoms with Gasteiger partial charge in [0.05, 0.1) is 23.9 Å². The molecule has 3 aromatic rings. The number of methoxy groups -OCH3 is 1. The molecule has 0 aliphatic carbocycles. The number of rotatable bonds is 3. The molecule has 7 heteroatoms. The Balaban J connectivity index is 1.99. The fourth-order valence-electron chi connectivity index (χ4n) is 2.40. The van der Waals surface area contributed by atoms with E-state index in [1.807, 2.05) is 0 Å². The zero-order valence-corrected chi connectivity index (χ0v) is 13.0. The summed E-state index contributed by atoms with van der Waals surface area (Å²) in [6.07, 6.45) is 1.59. The first-order chi connectivity index (χ1) is 12.0. The lowest BCUT2D eigenvalue weighted by molar-refractivity contribution is 0.0595. The minimum Gasteiger partial charge on any atom is -0.465 e. The fraction of sp³-hybridized carbons (Fsp3) is 0.0556. The number of nitrogens with zero attached hydrogens (tertiary/aromatic N) is 1. The molecule has 0 atom stereocenters. The molecule has 5 nitrogen and oxygen atoms in total. The van der Waals surface area contributed by atoms with Crippen LogP contribution in [-0.2, 0) is 4.74 Å². The quantitative estimate of drug-likeness (QED) is 0.739. The topological polar surface area (TPSA) is 68.3 Å². The van der Waals surface area contributed by atoms with Crippen molar-refractivity contribution in [1.82, 2.24) is 4.98 Å². The van der Waals surface area contributed by atoms with E-state index in [0.717, 1.165) is 13.2 Å². The van der Waals surface area contributed by atoms with Crippen molar-refractivity contribution in [3.05, 3.63) is 71.4 Å². The van der Waals surface area contributed by atoms with Gasteiger partial charge in [-0.1, -0.05) is 12.1 Å². The van der Waals surface area contributed by atoms with Gasteiger partial charge < -0.3 is 10.1 Å². The summed E-state index contributed by atoms with van der Waals surface area (Å²) in [4.78, 5) is 28.2. The first-order valence-corrected chi connectivity index (χ1v) is 7.23. The molecule has 0 fully saturated rings. The van der Waals surface area contributed by atoms with Crippen LogP contribution in [0.2, 0.25) is 0 Å². The number of halogens is 2. The van der Waals surface area contributed by atoms with Crippen LogP contribution in [0, 0.1) is 11.6 Å². The number of amides is 1. The van der Waals surface area contributed by atoms with Crippen molar-refractivity contribution in [2.45, 2.75) is 0 Å². The van der Waals surface area contributed by atoms with Crippen LogP contribution in [0.3, 0.4) is 0 Å². The number of aromatic nitrogens is 1. The molecule has 1 aromatic heterocycles. The van der Waals surface area contributed by atoms with Gasteiger partial charge in [-0.25, -0.2) is 13.6 Å². The zero-order valence-electron chi connectivity index (χ0n) is 13.0. The third kappa shape index (κ3) is 3.16. The molecule has 3 rings (SSSR count). The van der Waals surface area contributed by atoms with Gasteiger partial charge in [-0.15, -0.1) is 0 Å². The lowest BCUT2D eigenvalue weighted by Gasteiger charge is -2.10.